The average molecular weight is 356 g/mol. The van der Waals surface area contributed by atoms with Gasteiger partial charge in [-0.3, -0.25) is 0 Å². The summed E-state index contributed by atoms with van der Waals surface area (Å²) in [4.78, 5) is 14.6. The van der Waals surface area contributed by atoms with Crippen LogP contribution in [-0.2, 0) is 0 Å². The van der Waals surface area contributed by atoms with E-state index >= 15 is 0 Å². The van der Waals surface area contributed by atoms with Crippen molar-refractivity contribution in [3.05, 3.63) is 22.6 Å². The maximum Gasteiger partial charge on any atom is 0.208 e. The van der Waals surface area contributed by atoms with E-state index in [0.29, 0.717) is 11.8 Å². The topological polar surface area (TPSA) is 58.0 Å². The number of hydrogen-bond donors (Lipinski definition) is 0. The quantitative estimate of drug-likeness (QED) is 0.839. The van der Waals surface area contributed by atoms with E-state index in [4.69, 9.17) is 9.97 Å². The molecule has 0 N–H and O–H groups in total. The predicted molar refractivity (Wildman–Crippen MR) is 99.7 cm³/mol. The third-order valence-corrected chi connectivity index (χ3v) is 6.50. The zero-order valence-corrected chi connectivity index (χ0v) is 15.5. The van der Waals surface area contributed by atoms with Gasteiger partial charge in [0.25, 0.3) is 0 Å². The Morgan fingerprint density at radius 1 is 0.920 bits per heavy atom. The molecule has 2 aromatic rings. The molecule has 7 heteroatoms. The molecule has 3 fully saturated rings. The summed E-state index contributed by atoms with van der Waals surface area (Å²) in [5.74, 6) is 3.53. The van der Waals surface area contributed by atoms with Gasteiger partial charge in [-0.2, -0.15) is 0 Å². The molecule has 5 rings (SSSR count). The third-order valence-electron chi connectivity index (χ3n) is 5.61. The number of aryl methyl sites for hydroxylation is 1. The largest absolute Gasteiger partial charge is 0.353 e. The van der Waals surface area contributed by atoms with Crippen LogP contribution in [0.1, 0.15) is 60.5 Å². The summed E-state index contributed by atoms with van der Waals surface area (Å²) in [5.41, 5.74) is 1.29. The molecular weight excluding hydrogens is 332 g/mol. The lowest BCUT2D eigenvalue weighted by atomic mass is 9.83. The molecule has 0 unspecified atom stereocenters. The molecule has 0 spiro atoms. The number of aromatic nitrogens is 4. The Hall–Kier alpha value is -1.76. The van der Waals surface area contributed by atoms with Gasteiger partial charge in [-0.25, -0.2) is 9.97 Å². The summed E-state index contributed by atoms with van der Waals surface area (Å²) < 4.78 is 0. The summed E-state index contributed by atoms with van der Waals surface area (Å²) in [6, 6.07) is 2.26. The highest BCUT2D eigenvalue weighted by molar-refractivity contribution is 7.15. The van der Waals surface area contributed by atoms with E-state index in [1.165, 1.54) is 37.8 Å². The normalized spacial score (nSPS) is 21.5. The van der Waals surface area contributed by atoms with Gasteiger partial charge in [0.15, 0.2) is 0 Å². The lowest BCUT2D eigenvalue weighted by molar-refractivity contribution is 0.409. The lowest BCUT2D eigenvalue weighted by Crippen LogP contribution is -2.47. The van der Waals surface area contributed by atoms with Crippen LogP contribution < -0.4 is 9.80 Å². The van der Waals surface area contributed by atoms with E-state index in [-0.39, 0.29) is 0 Å². The number of nitrogens with zero attached hydrogens (tertiary/aromatic N) is 6. The molecule has 1 aliphatic heterocycles. The Balaban J connectivity index is 1.34. The Morgan fingerprint density at radius 2 is 1.68 bits per heavy atom. The van der Waals surface area contributed by atoms with Crippen LogP contribution in [0.15, 0.2) is 6.07 Å². The van der Waals surface area contributed by atoms with Gasteiger partial charge in [0.05, 0.1) is 0 Å². The van der Waals surface area contributed by atoms with Crippen molar-refractivity contribution < 1.29 is 0 Å². The van der Waals surface area contributed by atoms with E-state index in [0.717, 1.165) is 48.0 Å². The highest BCUT2D eigenvalue weighted by Crippen LogP contribution is 2.41. The zero-order valence-electron chi connectivity index (χ0n) is 14.7. The minimum atomic E-state index is 0.615. The third kappa shape index (κ3) is 3.10. The van der Waals surface area contributed by atoms with Crippen LogP contribution in [0.4, 0.5) is 10.9 Å². The lowest BCUT2D eigenvalue weighted by Gasteiger charge is -2.35. The van der Waals surface area contributed by atoms with Gasteiger partial charge in [0, 0.05) is 49.8 Å². The molecule has 2 aromatic heterocycles. The summed E-state index contributed by atoms with van der Waals surface area (Å²) in [5, 5.41) is 10.5. The minimum Gasteiger partial charge on any atom is -0.353 e. The van der Waals surface area contributed by atoms with Crippen molar-refractivity contribution in [2.75, 3.05) is 36.0 Å². The average Bonchev–Trinajstić information content (AvgIpc) is 3.35. The molecule has 3 heterocycles. The van der Waals surface area contributed by atoms with Crippen LogP contribution >= 0.6 is 11.3 Å². The summed E-state index contributed by atoms with van der Waals surface area (Å²) >= 11 is 1.68. The minimum absolute atomic E-state index is 0.615. The Morgan fingerprint density at radius 3 is 2.28 bits per heavy atom. The maximum atomic E-state index is 4.93. The van der Waals surface area contributed by atoms with E-state index in [2.05, 4.69) is 26.1 Å². The van der Waals surface area contributed by atoms with Crippen molar-refractivity contribution in [2.24, 2.45) is 0 Å². The van der Waals surface area contributed by atoms with Gasteiger partial charge >= 0.3 is 0 Å². The van der Waals surface area contributed by atoms with Gasteiger partial charge in [-0.1, -0.05) is 17.8 Å². The van der Waals surface area contributed by atoms with E-state index in [1.807, 2.05) is 6.92 Å². The monoisotopic (exact) mass is 356 g/mol. The van der Waals surface area contributed by atoms with Gasteiger partial charge in [-0.05, 0) is 32.6 Å². The SMILES string of the molecule is Cc1nnc(N2CCN(c3cc(C4CCC4)nc(C4CC4)n3)CC2)s1. The van der Waals surface area contributed by atoms with Crippen molar-refractivity contribution in [1.29, 1.82) is 0 Å². The Kier molecular flexibility index (Phi) is 3.84. The van der Waals surface area contributed by atoms with Gasteiger partial charge in [0.1, 0.15) is 16.6 Å². The highest BCUT2D eigenvalue weighted by atomic mass is 32.1. The van der Waals surface area contributed by atoms with Gasteiger partial charge < -0.3 is 9.80 Å². The van der Waals surface area contributed by atoms with E-state index < -0.39 is 0 Å². The molecule has 2 saturated carbocycles. The molecule has 0 aromatic carbocycles. The molecule has 0 bridgehead atoms. The van der Waals surface area contributed by atoms with E-state index in [1.54, 1.807) is 11.3 Å². The second-order valence-electron chi connectivity index (χ2n) is 7.49. The molecule has 0 atom stereocenters. The molecule has 25 heavy (non-hydrogen) atoms. The first-order valence-corrected chi connectivity index (χ1v) is 10.3. The first-order chi connectivity index (χ1) is 12.3. The second-order valence-corrected chi connectivity index (χ2v) is 8.65. The molecule has 6 nitrogen and oxygen atoms in total. The molecule has 0 radical (unpaired) electrons. The molecule has 2 aliphatic carbocycles. The van der Waals surface area contributed by atoms with Crippen LogP contribution in [0, 0.1) is 6.92 Å². The van der Waals surface area contributed by atoms with Crippen LogP contribution in [0.5, 0.6) is 0 Å². The molecular formula is C18H24N6S. The maximum absolute atomic E-state index is 4.93. The van der Waals surface area contributed by atoms with Crippen molar-refractivity contribution in [3.8, 4) is 0 Å². The fraction of sp³-hybridized carbons (Fsp3) is 0.667. The summed E-state index contributed by atoms with van der Waals surface area (Å²) in [7, 11) is 0. The fourth-order valence-corrected chi connectivity index (χ4v) is 4.35. The van der Waals surface area contributed by atoms with Crippen molar-refractivity contribution >= 4 is 22.3 Å². The van der Waals surface area contributed by atoms with Crippen molar-refractivity contribution in [2.45, 2.75) is 50.9 Å². The molecule has 3 aliphatic rings. The molecule has 1 saturated heterocycles. The predicted octanol–water partition coefficient (Wildman–Crippen LogP) is 3.11. The first-order valence-electron chi connectivity index (χ1n) is 9.45. The molecule has 0 amide bonds. The number of anilines is 2. The van der Waals surface area contributed by atoms with Crippen LogP contribution in [0.25, 0.3) is 0 Å². The second kappa shape index (κ2) is 6.20. The van der Waals surface area contributed by atoms with Gasteiger partial charge in [0.2, 0.25) is 5.13 Å². The summed E-state index contributed by atoms with van der Waals surface area (Å²) in [6.45, 7) is 5.96. The summed E-state index contributed by atoms with van der Waals surface area (Å²) in [6.07, 6.45) is 6.47. The van der Waals surface area contributed by atoms with Gasteiger partial charge in [-0.15, -0.1) is 10.2 Å². The van der Waals surface area contributed by atoms with E-state index in [9.17, 15) is 0 Å². The standard InChI is InChI=1S/C18H24N6S/c1-12-21-22-18(25-12)24-9-7-23(8-10-24)16-11-15(13-3-2-4-13)19-17(20-16)14-5-6-14/h11,13-14H,2-10H2,1H3. The van der Waals surface area contributed by atoms with Crippen LogP contribution in [-0.4, -0.2) is 46.3 Å². The number of rotatable bonds is 4. The zero-order chi connectivity index (χ0) is 16.8. The Labute approximate surface area is 152 Å². The smallest absolute Gasteiger partial charge is 0.208 e. The molecule has 132 valence electrons. The van der Waals surface area contributed by atoms with Crippen LogP contribution in [0.2, 0.25) is 0 Å². The number of piperazine rings is 1. The van der Waals surface area contributed by atoms with Crippen molar-refractivity contribution in [3.63, 3.8) is 0 Å². The number of hydrogen-bond acceptors (Lipinski definition) is 7. The van der Waals surface area contributed by atoms with Crippen LogP contribution in [0.3, 0.4) is 0 Å². The Bertz CT molecular complexity index is 759. The fourth-order valence-electron chi connectivity index (χ4n) is 3.61. The first kappa shape index (κ1) is 15.5. The highest BCUT2D eigenvalue weighted by Gasteiger charge is 2.31. The van der Waals surface area contributed by atoms with Crippen molar-refractivity contribution in [1.82, 2.24) is 20.2 Å².